The van der Waals surface area contributed by atoms with Crippen LogP contribution in [0.25, 0.3) is 0 Å². The number of nitrogens with two attached hydrogens (primary N) is 1. The van der Waals surface area contributed by atoms with Gasteiger partial charge in [-0.15, -0.1) is 12.4 Å². The van der Waals surface area contributed by atoms with E-state index in [1.807, 2.05) is 0 Å². The first-order valence-corrected chi connectivity index (χ1v) is 4.12. The first-order valence-electron chi connectivity index (χ1n) is 3.33. The second-order valence-electron chi connectivity index (χ2n) is 2.26. The number of halogens is 2. The largest absolute Gasteiger partial charge is 0.497 e. The lowest BCUT2D eigenvalue weighted by Crippen LogP contribution is -2.11. The Balaban J connectivity index is 0.00000144. The van der Waals surface area contributed by atoms with Crippen molar-refractivity contribution in [2.75, 3.05) is 7.11 Å². The fourth-order valence-corrected chi connectivity index (χ4v) is 1.41. The minimum Gasteiger partial charge on any atom is -0.497 e. The predicted molar refractivity (Wildman–Crippen MR) is 59.0 cm³/mol. The van der Waals surface area contributed by atoms with Crippen LogP contribution in [0.5, 0.6) is 5.75 Å². The van der Waals surface area contributed by atoms with Crippen molar-refractivity contribution in [3.63, 3.8) is 0 Å². The molecule has 13 heavy (non-hydrogen) atoms. The second-order valence-corrected chi connectivity index (χ2v) is 3.11. The maximum atomic E-state index is 7.21. The lowest BCUT2D eigenvalue weighted by molar-refractivity contribution is 0.414. The summed E-state index contributed by atoms with van der Waals surface area (Å²) in [7, 11) is 1.59. The molecular formula is C8H10BrClN2O. The summed E-state index contributed by atoms with van der Waals surface area (Å²) in [6, 6.07) is 5.28. The molecule has 0 radical (unpaired) electrons. The van der Waals surface area contributed by atoms with Crippen LogP contribution in [-0.2, 0) is 0 Å². The fraction of sp³-hybridized carbons (Fsp3) is 0.125. The molecule has 0 atom stereocenters. The van der Waals surface area contributed by atoms with Crippen LogP contribution in [0.2, 0.25) is 0 Å². The van der Waals surface area contributed by atoms with Gasteiger partial charge in [0, 0.05) is 10.0 Å². The number of benzene rings is 1. The zero-order chi connectivity index (χ0) is 9.14. The molecule has 5 heteroatoms. The Bertz CT molecular complexity index is 317. The lowest BCUT2D eigenvalue weighted by atomic mass is 10.2. The van der Waals surface area contributed by atoms with Crippen LogP contribution in [-0.4, -0.2) is 12.9 Å². The van der Waals surface area contributed by atoms with Crippen molar-refractivity contribution >= 4 is 34.2 Å². The molecule has 0 amide bonds. The van der Waals surface area contributed by atoms with Crippen LogP contribution in [0, 0.1) is 5.41 Å². The topological polar surface area (TPSA) is 59.1 Å². The van der Waals surface area contributed by atoms with E-state index in [1.54, 1.807) is 25.3 Å². The third kappa shape index (κ3) is 2.90. The zero-order valence-corrected chi connectivity index (χ0v) is 9.41. The number of methoxy groups -OCH3 is 1. The number of nitrogen functional groups attached to an aromatic ring is 1. The molecule has 0 aliphatic carbocycles. The standard InChI is InChI=1S/C8H9BrN2O.ClH/c1-12-5-2-3-6(8(10)11)7(9)4-5;/h2-4H,1H3,(H3,10,11);1H. The van der Waals surface area contributed by atoms with Gasteiger partial charge in [-0.3, -0.25) is 5.41 Å². The van der Waals surface area contributed by atoms with Crippen LogP contribution in [0.1, 0.15) is 5.56 Å². The van der Waals surface area contributed by atoms with Crippen LogP contribution in [0.4, 0.5) is 0 Å². The van der Waals surface area contributed by atoms with E-state index in [4.69, 9.17) is 15.9 Å². The van der Waals surface area contributed by atoms with Crippen LogP contribution < -0.4 is 10.5 Å². The van der Waals surface area contributed by atoms with Crippen molar-refractivity contribution in [3.05, 3.63) is 28.2 Å². The summed E-state index contributed by atoms with van der Waals surface area (Å²) < 4.78 is 5.76. The van der Waals surface area contributed by atoms with E-state index < -0.39 is 0 Å². The molecule has 1 rings (SSSR count). The van der Waals surface area contributed by atoms with Gasteiger partial charge >= 0.3 is 0 Å². The molecule has 3 nitrogen and oxygen atoms in total. The van der Waals surface area contributed by atoms with Gasteiger partial charge in [-0.05, 0) is 34.1 Å². The number of ether oxygens (including phenoxy) is 1. The van der Waals surface area contributed by atoms with Gasteiger partial charge in [-0.1, -0.05) is 0 Å². The quantitative estimate of drug-likeness (QED) is 0.636. The molecule has 0 spiro atoms. The van der Waals surface area contributed by atoms with E-state index in [9.17, 15) is 0 Å². The number of amidine groups is 1. The van der Waals surface area contributed by atoms with E-state index >= 15 is 0 Å². The Kier molecular flexibility index (Phi) is 4.80. The van der Waals surface area contributed by atoms with E-state index in [1.165, 1.54) is 0 Å². The Morgan fingerprint density at radius 3 is 2.54 bits per heavy atom. The van der Waals surface area contributed by atoms with E-state index in [0.29, 0.717) is 5.56 Å². The van der Waals surface area contributed by atoms with Gasteiger partial charge in [0.1, 0.15) is 11.6 Å². The highest BCUT2D eigenvalue weighted by Gasteiger charge is 2.03. The first-order chi connectivity index (χ1) is 5.65. The first kappa shape index (κ1) is 12.3. The van der Waals surface area contributed by atoms with Crippen LogP contribution in [0.15, 0.2) is 22.7 Å². The smallest absolute Gasteiger partial charge is 0.123 e. The molecule has 0 aromatic heterocycles. The van der Waals surface area contributed by atoms with Gasteiger partial charge in [0.15, 0.2) is 0 Å². The molecule has 1 aromatic rings. The summed E-state index contributed by atoms with van der Waals surface area (Å²) in [6.45, 7) is 0. The highest BCUT2D eigenvalue weighted by atomic mass is 79.9. The highest BCUT2D eigenvalue weighted by Crippen LogP contribution is 2.22. The normalized spacial score (nSPS) is 8.77. The minimum absolute atomic E-state index is 0. The van der Waals surface area contributed by atoms with Gasteiger partial charge in [0.2, 0.25) is 0 Å². The van der Waals surface area contributed by atoms with Crippen molar-refractivity contribution < 1.29 is 4.74 Å². The molecule has 0 aliphatic rings. The Morgan fingerprint density at radius 1 is 1.54 bits per heavy atom. The molecule has 72 valence electrons. The summed E-state index contributed by atoms with van der Waals surface area (Å²) in [6.07, 6.45) is 0. The summed E-state index contributed by atoms with van der Waals surface area (Å²) >= 11 is 3.29. The molecule has 1 aromatic carbocycles. The third-order valence-corrected chi connectivity index (χ3v) is 2.12. The van der Waals surface area contributed by atoms with Gasteiger partial charge in [-0.2, -0.15) is 0 Å². The molecule has 0 saturated heterocycles. The molecule has 3 N–H and O–H groups in total. The molecule has 0 heterocycles. The Labute approximate surface area is 91.3 Å². The predicted octanol–water partition coefficient (Wildman–Crippen LogP) is 2.16. The lowest BCUT2D eigenvalue weighted by Gasteiger charge is -2.04. The van der Waals surface area contributed by atoms with Crippen LogP contribution in [0.3, 0.4) is 0 Å². The van der Waals surface area contributed by atoms with Crippen molar-refractivity contribution in [2.45, 2.75) is 0 Å². The Morgan fingerprint density at radius 2 is 2.15 bits per heavy atom. The molecule has 0 aliphatic heterocycles. The van der Waals surface area contributed by atoms with Crippen molar-refractivity contribution in [3.8, 4) is 5.75 Å². The number of nitrogens with one attached hydrogen (secondary N) is 1. The monoisotopic (exact) mass is 264 g/mol. The third-order valence-electron chi connectivity index (χ3n) is 1.47. The average molecular weight is 266 g/mol. The summed E-state index contributed by atoms with van der Waals surface area (Å²) in [5, 5.41) is 7.21. The molecule has 0 saturated carbocycles. The number of hydrogen-bond acceptors (Lipinski definition) is 2. The zero-order valence-electron chi connectivity index (χ0n) is 7.00. The van der Waals surface area contributed by atoms with Crippen LogP contribution >= 0.6 is 28.3 Å². The molecule has 0 unspecified atom stereocenters. The number of hydrogen-bond donors (Lipinski definition) is 2. The van der Waals surface area contributed by atoms with Gasteiger partial charge in [0.25, 0.3) is 0 Å². The molecule has 0 fully saturated rings. The van der Waals surface area contributed by atoms with E-state index in [0.717, 1.165) is 10.2 Å². The maximum absolute atomic E-state index is 7.21. The van der Waals surface area contributed by atoms with Crippen molar-refractivity contribution in [1.82, 2.24) is 0 Å². The molecule has 0 bridgehead atoms. The SMILES string of the molecule is COc1ccc(C(=N)N)c(Br)c1.Cl. The summed E-state index contributed by atoms with van der Waals surface area (Å²) in [4.78, 5) is 0. The fourth-order valence-electron chi connectivity index (χ4n) is 0.841. The van der Waals surface area contributed by atoms with Crippen molar-refractivity contribution in [2.24, 2.45) is 5.73 Å². The summed E-state index contributed by atoms with van der Waals surface area (Å²) in [5.41, 5.74) is 6.00. The van der Waals surface area contributed by atoms with E-state index in [2.05, 4.69) is 15.9 Å². The maximum Gasteiger partial charge on any atom is 0.123 e. The molecular weight excluding hydrogens is 255 g/mol. The minimum atomic E-state index is 0. The summed E-state index contributed by atoms with van der Waals surface area (Å²) in [5.74, 6) is 0.788. The number of rotatable bonds is 2. The van der Waals surface area contributed by atoms with Gasteiger partial charge in [-0.25, -0.2) is 0 Å². The van der Waals surface area contributed by atoms with Gasteiger partial charge in [0.05, 0.1) is 7.11 Å². The van der Waals surface area contributed by atoms with Gasteiger partial charge < -0.3 is 10.5 Å². The second kappa shape index (κ2) is 5.09. The van der Waals surface area contributed by atoms with E-state index in [-0.39, 0.29) is 18.2 Å². The Hall–Kier alpha value is -0.740. The van der Waals surface area contributed by atoms with Crippen molar-refractivity contribution in [1.29, 1.82) is 5.41 Å². The average Bonchev–Trinajstić information content (AvgIpc) is 2.03. The highest BCUT2D eigenvalue weighted by molar-refractivity contribution is 9.10.